The molecule has 0 fully saturated rings. The average molecular weight is 340 g/mol. The van der Waals surface area contributed by atoms with Crippen LogP contribution in [0.2, 0.25) is 0 Å². The third-order valence-corrected chi connectivity index (χ3v) is 3.54. The predicted octanol–water partition coefficient (Wildman–Crippen LogP) is 2.22. The Morgan fingerprint density at radius 1 is 0.920 bits per heavy atom. The molecule has 0 unspecified atom stereocenters. The van der Waals surface area contributed by atoms with Gasteiger partial charge in [-0.25, -0.2) is 0 Å². The Kier molecular flexibility index (Phi) is 6.28. The summed E-state index contributed by atoms with van der Waals surface area (Å²) in [5.74, 6) is -1.49. The van der Waals surface area contributed by atoms with Gasteiger partial charge < -0.3 is 15.4 Å². The van der Waals surface area contributed by atoms with Crippen LogP contribution in [0.4, 0.5) is 5.69 Å². The molecular formula is C19H20N2O4. The summed E-state index contributed by atoms with van der Waals surface area (Å²) < 4.78 is 4.88. The molecule has 2 rings (SSSR count). The maximum absolute atomic E-state index is 11.9. The van der Waals surface area contributed by atoms with Crippen LogP contribution in [-0.2, 0) is 14.3 Å². The SMILES string of the molecule is Cc1cccc(C)c1NC(=O)COC(=O)CNC(=O)c1ccccc1. The van der Waals surface area contributed by atoms with Crippen molar-refractivity contribution in [1.29, 1.82) is 0 Å². The number of ether oxygens (including phenoxy) is 1. The lowest BCUT2D eigenvalue weighted by Gasteiger charge is -2.11. The zero-order chi connectivity index (χ0) is 18.2. The predicted molar refractivity (Wildman–Crippen MR) is 94.3 cm³/mol. The number of anilines is 1. The second-order valence-corrected chi connectivity index (χ2v) is 5.52. The number of hydrogen-bond donors (Lipinski definition) is 2. The Balaban J connectivity index is 1.76. The second kappa shape index (κ2) is 8.63. The third-order valence-electron chi connectivity index (χ3n) is 3.54. The van der Waals surface area contributed by atoms with Crippen LogP contribution in [0, 0.1) is 13.8 Å². The van der Waals surface area contributed by atoms with Gasteiger partial charge in [0.1, 0.15) is 6.54 Å². The lowest BCUT2D eigenvalue weighted by Crippen LogP contribution is -2.32. The Morgan fingerprint density at radius 2 is 1.56 bits per heavy atom. The second-order valence-electron chi connectivity index (χ2n) is 5.52. The van der Waals surface area contributed by atoms with Gasteiger partial charge >= 0.3 is 5.97 Å². The van der Waals surface area contributed by atoms with Crippen molar-refractivity contribution in [2.24, 2.45) is 0 Å². The summed E-state index contributed by atoms with van der Waals surface area (Å²) in [5.41, 5.74) is 3.01. The number of amides is 2. The van der Waals surface area contributed by atoms with Gasteiger partial charge in [0.2, 0.25) is 0 Å². The molecule has 0 aliphatic heterocycles. The molecule has 2 N–H and O–H groups in total. The zero-order valence-corrected chi connectivity index (χ0v) is 14.2. The molecule has 0 aromatic heterocycles. The van der Waals surface area contributed by atoms with Gasteiger partial charge in [-0.05, 0) is 37.1 Å². The van der Waals surface area contributed by atoms with Crippen LogP contribution < -0.4 is 10.6 Å². The van der Waals surface area contributed by atoms with E-state index in [1.165, 1.54) is 0 Å². The molecule has 0 atom stereocenters. The van der Waals surface area contributed by atoms with E-state index < -0.39 is 18.5 Å². The van der Waals surface area contributed by atoms with Crippen molar-refractivity contribution in [1.82, 2.24) is 5.32 Å². The number of para-hydroxylation sites is 1. The summed E-state index contributed by atoms with van der Waals surface area (Å²) in [7, 11) is 0. The Morgan fingerprint density at radius 3 is 2.20 bits per heavy atom. The molecule has 2 amide bonds. The molecule has 0 aliphatic rings. The quantitative estimate of drug-likeness (QED) is 0.790. The van der Waals surface area contributed by atoms with Crippen molar-refractivity contribution < 1.29 is 19.1 Å². The van der Waals surface area contributed by atoms with E-state index in [-0.39, 0.29) is 12.5 Å². The van der Waals surface area contributed by atoms with Gasteiger partial charge in [-0.1, -0.05) is 36.4 Å². The Bertz CT molecular complexity index is 752. The van der Waals surface area contributed by atoms with Gasteiger partial charge in [0.25, 0.3) is 11.8 Å². The van der Waals surface area contributed by atoms with Crippen LogP contribution in [0.15, 0.2) is 48.5 Å². The van der Waals surface area contributed by atoms with Gasteiger partial charge in [0, 0.05) is 11.3 Å². The van der Waals surface area contributed by atoms with Gasteiger partial charge in [-0.15, -0.1) is 0 Å². The highest BCUT2D eigenvalue weighted by Crippen LogP contribution is 2.19. The molecule has 0 spiro atoms. The molecule has 0 bridgehead atoms. The van der Waals surface area contributed by atoms with Crippen molar-refractivity contribution in [2.75, 3.05) is 18.5 Å². The van der Waals surface area contributed by atoms with Crippen molar-refractivity contribution in [3.63, 3.8) is 0 Å². The van der Waals surface area contributed by atoms with Crippen molar-refractivity contribution in [3.8, 4) is 0 Å². The van der Waals surface area contributed by atoms with Gasteiger partial charge in [0.05, 0.1) is 0 Å². The van der Waals surface area contributed by atoms with E-state index >= 15 is 0 Å². The monoisotopic (exact) mass is 340 g/mol. The van der Waals surface area contributed by atoms with E-state index in [9.17, 15) is 14.4 Å². The molecule has 2 aromatic carbocycles. The topological polar surface area (TPSA) is 84.5 Å². The smallest absolute Gasteiger partial charge is 0.325 e. The Labute approximate surface area is 146 Å². The van der Waals surface area contributed by atoms with Crippen LogP contribution in [0.3, 0.4) is 0 Å². The molecule has 6 nitrogen and oxygen atoms in total. The summed E-state index contributed by atoms with van der Waals surface area (Å²) in [4.78, 5) is 35.4. The first-order chi connectivity index (χ1) is 12.0. The first-order valence-electron chi connectivity index (χ1n) is 7.82. The minimum atomic E-state index is -0.680. The van der Waals surface area contributed by atoms with E-state index in [0.717, 1.165) is 11.1 Å². The lowest BCUT2D eigenvalue weighted by atomic mass is 10.1. The van der Waals surface area contributed by atoms with E-state index in [4.69, 9.17) is 4.74 Å². The van der Waals surface area contributed by atoms with E-state index in [1.54, 1.807) is 30.3 Å². The Hall–Kier alpha value is -3.15. The molecular weight excluding hydrogens is 320 g/mol. The fourth-order valence-electron chi connectivity index (χ4n) is 2.23. The normalized spacial score (nSPS) is 10.0. The zero-order valence-electron chi connectivity index (χ0n) is 14.2. The van der Waals surface area contributed by atoms with Crippen LogP contribution in [-0.4, -0.2) is 30.9 Å². The van der Waals surface area contributed by atoms with Crippen LogP contribution in [0.25, 0.3) is 0 Å². The molecule has 0 saturated heterocycles. The molecule has 25 heavy (non-hydrogen) atoms. The van der Waals surface area contributed by atoms with Crippen LogP contribution in [0.5, 0.6) is 0 Å². The number of nitrogens with one attached hydrogen (secondary N) is 2. The maximum Gasteiger partial charge on any atom is 0.325 e. The first kappa shape index (κ1) is 18.2. The van der Waals surface area contributed by atoms with E-state index in [2.05, 4.69) is 10.6 Å². The fourth-order valence-corrected chi connectivity index (χ4v) is 2.23. The molecule has 0 radical (unpaired) electrons. The standard InChI is InChI=1S/C19H20N2O4/c1-13-7-6-8-14(2)18(13)21-16(22)12-25-17(23)11-20-19(24)15-9-4-3-5-10-15/h3-10H,11-12H2,1-2H3,(H,20,24)(H,21,22). The number of benzene rings is 2. The molecule has 0 saturated carbocycles. The van der Waals surface area contributed by atoms with Crippen LogP contribution in [0.1, 0.15) is 21.5 Å². The number of rotatable bonds is 6. The first-order valence-corrected chi connectivity index (χ1v) is 7.82. The van der Waals surface area contributed by atoms with Crippen molar-refractivity contribution in [2.45, 2.75) is 13.8 Å². The van der Waals surface area contributed by atoms with Gasteiger partial charge in [0.15, 0.2) is 6.61 Å². The highest BCUT2D eigenvalue weighted by atomic mass is 16.5. The minimum Gasteiger partial charge on any atom is -0.454 e. The van der Waals surface area contributed by atoms with E-state index in [1.807, 2.05) is 32.0 Å². The molecule has 0 heterocycles. The van der Waals surface area contributed by atoms with Gasteiger partial charge in [-0.2, -0.15) is 0 Å². The summed E-state index contributed by atoms with van der Waals surface area (Å²) in [6.07, 6.45) is 0. The average Bonchev–Trinajstić information content (AvgIpc) is 2.62. The summed E-state index contributed by atoms with van der Waals surface area (Å²) in [5, 5.41) is 5.17. The number of hydrogen-bond acceptors (Lipinski definition) is 4. The lowest BCUT2D eigenvalue weighted by molar-refractivity contribution is -0.146. The minimum absolute atomic E-state index is 0.301. The number of carbonyl (C=O) groups excluding carboxylic acids is 3. The summed E-state index contributed by atoms with van der Waals surface area (Å²) >= 11 is 0. The maximum atomic E-state index is 11.9. The van der Waals surface area contributed by atoms with Crippen molar-refractivity contribution in [3.05, 3.63) is 65.2 Å². The number of aryl methyl sites for hydroxylation is 2. The molecule has 6 heteroatoms. The van der Waals surface area contributed by atoms with Gasteiger partial charge in [-0.3, -0.25) is 14.4 Å². The van der Waals surface area contributed by atoms with Crippen molar-refractivity contribution >= 4 is 23.5 Å². The number of carbonyl (C=O) groups is 3. The molecule has 0 aliphatic carbocycles. The third kappa shape index (κ3) is 5.46. The summed E-state index contributed by atoms with van der Waals surface area (Å²) in [6, 6.07) is 14.2. The highest BCUT2D eigenvalue weighted by Gasteiger charge is 2.12. The molecule has 2 aromatic rings. The van der Waals surface area contributed by atoms with Crippen LogP contribution >= 0.6 is 0 Å². The summed E-state index contributed by atoms with van der Waals surface area (Å²) in [6.45, 7) is 3.06. The highest BCUT2D eigenvalue weighted by molar-refractivity contribution is 5.96. The van der Waals surface area contributed by atoms with E-state index in [0.29, 0.717) is 11.3 Å². The molecule has 130 valence electrons. The number of esters is 1. The fraction of sp³-hybridized carbons (Fsp3) is 0.211. The largest absolute Gasteiger partial charge is 0.454 e.